The summed E-state index contributed by atoms with van der Waals surface area (Å²) in [5.74, 6) is 2.17. The van der Waals surface area contributed by atoms with Gasteiger partial charge in [-0.15, -0.1) is 24.0 Å². The average Bonchev–Trinajstić information content (AvgIpc) is 3.04. The Morgan fingerprint density at radius 2 is 1.96 bits per heavy atom. The van der Waals surface area contributed by atoms with Gasteiger partial charge in [0, 0.05) is 24.2 Å². The second-order valence-electron chi connectivity index (χ2n) is 6.25. The number of nitrogens with one attached hydrogen (secondary N) is 2. The fraction of sp³-hybridized carbons (Fsp3) is 0.611. The molecule has 0 aliphatic carbocycles. The van der Waals surface area contributed by atoms with Gasteiger partial charge in [0.2, 0.25) is 0 Å². The van der Waals surface area contributed by atoms with E-state index in [2.05, 4.69) is 45.4 Å². The highest BCUT2D eigenvalue weighted by Gasteiger charge is 2.29. The second kappa shape index (κ2) is 11.2. The Hall–Kier alpha value is -0.740. The molecule has 8 heteroatoms. The largest absolute Gasteiger partial charge is 0.493 e. The summed E-state index contributed by atoms with van der Waals surface area (Å²) in [6, 6.07) is 3.84. The van der Waals surface area contributed by atoms with Crippen molar-refractivity contribution >= 4 is 45.9 Å². The monoisotopic (exact) mass is 541 g/mol. The number of methoxy groups -OCH3 is 2. The lowest BCUT2D eigenvalue weighted by Crippen LogP contribution is -2.45. The Bertz CT molecular complexity index is 608. The summed E-state index contributed by atoms with van der Waals surface area (Å²) in [4.78, 5) is 4.68. The van der Waals surface area contributed by atoms with Gasteiger partial charge in [0.25, 0.3) is 0 Å². The van der Waals surface area contributed by atoms with Gasteiger partial charge in [-0.25, -0.2) is 4.99 Å². The van der Waals surface area contributed by atoms with Gasteiger partial charge >= 0.3 is 0 Å². The van der Waals surface area contributed by atoms with Crippen molar-refractivity contribution in [2.75, 3.05) is 33.9 Å². The molecule has 0 saturated carbocycles. The molecule has 0 radical (unpaired) electrons. The van der Waals surface area contributed by atoms with Crippen molar-refractivity contribution in [3.8, 4) is 11.5 Å². The highest BCUT2D eigenvalue weighted by atomic mass is 127. The number of ether oxygens (including phenoxy) is 3. The van der Waals surface area contributed by atoms with Crippen LogP contribution < -0.4 is 20.1 Å². The first-order valence-electron chi connectivity index (χ1n) is 8.58. The van der Waals surface area contributed by atoms with Crippen molar-refractivity contribution in [2.24, 2.45) is 4.99 Å². The summed E-state index contributed by atoms with van der Waals surface area (Å²) in [5.41, 5.74) is 0.915. The zero-order valence-corrected chi connectivity index (χ0v) is 19.8. The maximum atomic E-state index is 5.82. The van der Waals surface area contributed by atoms with Crippen LogP contribution in [0.15, 0.2) is 21.6 Å². The maximum absolute atomic E-state index is 5.82. The fourth-order valence-electron chi connectivity index (χ4n) is 2.77. The van der Waals surface area contributed by atoms with Gasteiger partial charge in [0.05, 0.1) is 26.4 Å². The number of hydrogen-bond acceptors (Lipinski definition) is 4. The maximum Gasteiger partial charge on any atom is 0.191 e. The predicted octanol–water partition coefficient (Wildman–Crippen LogP) is 3.71. The van der Waals surface area contributed by atoms with E-state index in [0.29, 0.717) is 18.0 Å². The van der Waals surface area contributed by atoms with Crippen LogP contribution in [0.5, 0.6) is 11.5 Å². The Balaban J connectivity index is 0.00000338. The van der Waals surface area contributed by atoms with Crippen molar-refractivity contribution < 1.29 is 14.2 Å². The molecule has 0 aromatic heterocycles. The van der Waals surface area contributed by atoms with Crippen LogP contribution in [-0.4, -0.2) is 45.5 Å². The minimum Gasteiger partial charge on any atom is -0.493 e. The van der Waals surface area contributed by atoms with Crippen molar-refractivity contribution in [1.29, 1.82) is 0 Å². The van der Waals surface area contributed by atoms with Crippen LogP contribution in [0.4, 0.5) is 0 Å². The molecule has 0 bridgehead atoms. The lowest BCUT2D eigenvalue weighted by atomic mass is 10.0. The normalized spacial score (nSPS) is 19.7. The Morgan fingerprint density at radius 1 is 1.27 bits per heavy atom. The van der Waals surface area contributed by atoms with Gasteiger partial charge in [0.15, 0.2) is 17.5 Å². The van der Waals surface area contributed by atoms with Crippen molar-refractivity contribution in [3.63, 3.8) is 0 Å². The molecule has 148 valence electrons. The van der Waals surface area contributed by atoms with Crippen LogP contribution in [0.3, 0.4) is 0 Å². The molecule has 1 fully saturated rings. The van der Waals surface area contributed by atoms with Crippen LogP contribution in [0.25, 0.3) is 0 Å². The smallest absolute Gasteiger partial charge is 0.191 e. The van der Waals surface area contributed by atoms with E-state index >= 15 is 0 Å². The Morgan fingerprint density at radius 3 is 2.54 bits per heavy atom. The standard InChI is InChI=1S/C18H28BrN3O3.HI/c1-5-20-17(22-12-18(2)7-6-8-25-18)21-11-13-9-15(23-3)16(24-4)10-14(13)19;/h9-10H,5-8,11-12H2,1-4H3,(H2,20,21,22);1H. The second-order valence-corrected chi connectivity index (χ2v) is 7.10. The van der Waals surface area contributed by atoms with Gasteiger partial charge in [-0.1, -0.05) is 15.9 Å². The predicted molar refractivity (Wildman–Crippen MR) is 119 cm³/mol. The van der Waals surface area contributed by atoms with Crippen LogP contribution >= 0.6 is 39.9 Å². The van der Waals surface area contributed by atoms with E-state index in [9.17, 15) is 0 Å². The minimum absolute atomic E-state index is 0. The van der Waals surface area contributed by atoms with Crippen LogP contribution in [0, 0.1) is 0 Å². The third kappa shape index (κ3) is 6.45. The summed E-state index contributed by atoms with van der Waals surface area (Å²) in [5, 5.41) is 6.66. The van der Waals surface area contributed by atoms with E-state index in [-0.39, 0.29) is 29.6 Å². The van der Waals surface area contributed by atoms with Crippen molar-refractivity contribution in [3.05, 3.63) is 22.2 Å². The number of guanidine groups is 1. The van der Waals surface area contributed by atoms with E-state index in [1.165, 1.54) is 0 Å². The molecule has 0 amide bonds. The van der Waals surface area contributed by atoms with Gasteiger partial charge in [0.1, 0.15) is 0 Å². The van der Waals surface area contributed by atoms with E-state index in [0.717, 1.165) is 48.5 Å². The lowest BCUT2D eigenvalue weighted by Gasteiger charge is -2.24. The van der Waals surface area contributed by atoms with E-state index in [1.807, 2.05) is 12.1 Å². The molecule has 26 heavy (non-hydrogen) atoms. The summed E-state index contributed by atoms with van der Waals surface area (Å²) in [6.07, 6.45) is 2.19. The van der Waals surface area contributed by atoms with Gasteiger partial charge < -0.3 is 24.8 Å². The van der Waals surface area contributed by atoms with E-state index < -0.39 is 0 Å². The lowest BCUT2D eigenvalue weighted by molar-refractivity contribution is 0.0243. The van der Waals surface area contributed by atoms with Crippen LogP contribution in [0.2, 0.25) is 0 Å². The molecular formula is C18H29BrIN3O3. The first kappa shape index (κ1) is 23.3. The summed E-state index contributed by atoms with van der Waals surface area (Å²) in [6.45, 7) is 7.10. The first-order chi connectivity index (χ1) is 12.0. The molecular weight excluding hydrogens is 513 g/mol. The Labute approximate surface area is 181 Å². The molecule has 1 unspecified atom stereocenters. The van der Waals surface area contributed by atoms with Crippen molar-refractivity contribution in [1.82, 2.24) is 10.6 Å². The fourth-order valence-corrected chi connectivity index (χ4v) is 3.22. The average molecular weight is 542 g/mol. The molecule has 1 saturated heterocycles. The summed E-state index contributed by atoms with van der Waals surface area (Å²) < 4.78 is 17.4. The van der Waals surface area contributed by atoms with E-state index in [4.69, 9.17) is 14.2 Å². The number of hydrogen-bond donors (Lipinski definition) is 2. The molecule has 0 spiro atoms. The third-order valence-electron chi connectivity index (χ3n) is 4.23. The van der Waals surface area contributed by atoms with E-state index in [1.54, 1.807) is 14.2 Å². The zero-order chi connectivity index (χ0) is 18.3. The topological polar surface area (TPSA) is 64.1 Å². The van der Waals surface area contributed by atoms with Gasteiger partial charge in [-0.2, -0.15) is 0 Å². The third-order valence-corrected chi connectivity index (χ3v) is 4.97. The zero-order valence-electron chi connectivity index (χ0n) is 15.9. The van der Waals surface area contributed by atoms with Crippen LogP contribution in [-0.2, 0) is 11.3 Å². The number of benzene rings is 1. The molecule has 6 nitrogen and oxygen atoms in total. The molecule has 2 rings (SSSR count). The number of halogens is 2. The SMILES string of the molecule is CCNC(=NCc1cc(OC)c(OC)cc1Br)NCC1(C)CCCO1.I. The first-order valence-corrected chi connectivity index (χ1v) is 9.37. The quantitative estimate of drug-likeness (QED) is 0.313. The highest BCUT2D eigenvalue weighted by Crippen LogP contribution is 2.33. The Kier molecular flexibility index (Phi) is 10.0. The molecule has 1 atom stereocenters. The molecule has 1 heterocycles. The summed E-state index contributed by atoms with van der Waals surface area (Å²) >= 11 is 3.58. The number of aliphatic imine (C=N–C) groups is 1. The van der Waals surface area contributed by atoms with Crippen molar-refractivity contribution in [2.45, 2.75) is 38.8 Å². The molecule has 1 aliphatic rings. The summed E-state index contributed by atoms with van der Waals surface area (Å²) in [7, 11) is 3.26. The molecule has 1 aliphatic heterocycles. The number of rotatable bonds is 7. The minimum atomic E-state index is -0.111. The van der Waals surface area contributed by atoms with Gasteiger partial charge in [-0.3, -0.25) is 0 Å². The molecule has 1 aromatic rings. The molecule has 2 N–H and O–H groups in total. The van der Waals surface area contributed by atoms with Gasteiger partial charge in [-0.05, 0) is 44.4 Å². The number of nitrogens with zero attached hydrogens (tertiary/aromatic N) is 1. The molecule has 1 aromatic carbocycles. The highest BCUT2D eigenvalue weighted by molar-refractivity contribution is 14.0. The van der Waals surface area contributed by atoms with Crippen LogP contribution in [0.1, 0.15) is 32.3 Å².